The van der Waals surface area contributed by atoms with Crippen molar-refractivity contribution in [1.29, 1.82) is 0 Å². The molecular formula is C10H17N3O3. The lowest BCUT2D eigenvalue weighted by atomic mass is 10.2. The van der Waals surface area contributed by atoms with Gasteiger partial charge in [-0.05, 0) is 19.3 Å². The third kappa shape index (κ3) is 3.90. The van der Waals surface area contributed by atoms with Gasteiger partial charge in [-0.1, -0.05) is 0 Å². The van der Waals surface area contributed by atoms with Gasteiger partial charge in [0.1, 0.15) is 11.5 Å². The van der Waals surface area contributed by atoms with E-state index in [1.807, 2.05) is 0 Å². The number of nitrogens with zero attached hydrogens (tertiary/aromatic N) is 1. The van der Waals surface area contributed by atoms with Crippen molar-refractivity contribution in [1.82, 2.24) is 0 Å². The van der Waals surface area contributed by atoms with Gasteiger partial charge >= 0.3 is 5.97 Å². The summed E-state index contributed by atoms with van der Waals surface area (Å²) in [6.07, 6.45) is 4.01. The molecule has 1 atom stereocenters. The molecule has 1 aliphatic heterocycles. The number of ether oxygens (including phenoxy) is 2. The quantitative estimate of drug-likeness (QED) is 0.303. The van der Waals surface area contributed by atoms with Crippen molar-refractivity contribution >= 4 is 11.8 Å². The highest BCUT2D eigenvalue weighted by Crippen LogP contribution is 2.13. The number of rotatable bonds is 3. The van der Waals surface area contributed by atoms with Gasteiger partial charge in [0.15, 0.2) is 6.23 Å². The van der Waals surface area contributed by atoms with E-state index in [2.05, 4.69) is 9.73 Å². The van der Waals surface area contributed by atoms with Crippen LogP contribution in [0.5, 0.6) is 0 Å². The van der Waals surface area contributed by atoms with E-state index in [0.717, 1.165) is 19.3 Å². The number of nitrogens with two attached hydrogens (primary N) is 2. The standard InChI is InChI=1S/C10H17N3O3/c1-15-10(14)7(11)6-8(12)13-9-4-2-3-5-16-9/h6,9H,2-5,11H2,1H3,(H2,12,13). The molecule has 0 aliphatic carbocycles. The first-order valence-corrected chi connectivity index (χ1v) is 5.14. The molecule has 1 rings (SSSR count). The first kappa shape index (κ1) is 12.5. The fraction of sp³-hybridized carbons (Fsp3) is 0.600. The summed E-state index contributed by atoms with van der Waals surface area (Å²) in [6, 6.07) is 0. The highest BCUT2D eigenvalue weighted by Gasteiger charge is 2.12. The number of aliphatic imine (C=N–C) groups is 1. The van der Waals surface area contributed by atoms with E-state index in [-0.39, 0.29) is 17.8 Å². The molecule has 90 valence electrons. The molecule has 0 radical (unpaired) electrons. The first-order valence-electron chi connectivity index (χ1n) is 5.14. The predicted octanol–water partition coefficient (Wildman–Crippen LogP) is -0.114. The van der Waals surface area contributed by atoms with E-state index < -0.39 is 5.97 Å². The van der Waals surface area contributed by atoms with E-state index in [1.165, 1.54) is 13.2 Å². The van der Waals surface area contributed by atoms with Crippen LogP contribution in [0.3, 0.4) is 0 Å². The van der Waals surface area contributed by atoms with Gasteiger partial charge in [-0.3, -0.25) is 0 Å². The van der Waals surface area contributed by atoms with Gasteiger partial charge in [-0.2, -0.15) is 0 Å². The molecule has 0 bridgehead atoms. The molecule has 1 unspecified atom stereocenters. The minimum Gasteiger partial charge on any atom is -0.464 e. The van der Waals surface area contributed by atoms with Gasteiger partial charge in [-0.25, -0.2) is 9.79 Å². The van der Waals surface area contributed by atoms with E-state index in [9.17, 15) is 4.79 Å². The smallest absolute Gasteiger partial charge is 0.354 e. The second kappa shape index (κ2) is 6.12. The summed E-state index contributed by atoms with van der Waals surface area (Å²) >= 11 is 0. The topological polar surface area (TPSA) is 99.9 Å². The fourth-order valence-electron chi connectivity index (χ4n) is 1.37. The largest absolute Gasteiger partial charge is 0.464 e. The van der Waals surface area contributed by atoms with Crippen molar-refractivity contribution in [2.45, 2.75) is 25.5 Å². The van der Waals surface area contributed by atoms with Gasteiger partial charge in [0.25, 0.3) is 0 Å². The van der Waals surface area contributed by atoms with Crippen LogP contribution in [-0.4, -0.2) is 31.7 Å². The summed E-state index contributed by atoms with van der Waals surface area (Å²) in [5, 5.41) is 0. The summed E-state index contributed by atoms with van der Waals surface area (Å²) in [5.41, 5.74) is 11.0. The summed E-state index contributed by atoms with van der Waals surface area (Å²) in [7, 11) is 1.25. The lowest BCUT2D eigenvalue weighted by Gasteiger charge is -2.18. The Bertz CT molecular complexity index is 306. The van der Waals surface area contributed by atoms with Crippen LogP contribution >= 0.6 is 0 Å². The molecule has 16 heavy (non-hydrogen) atoms. The molecule has 1 fully saturated rings. The van der Waals surface area contributed by atoms with Crippen molar-refractivity contribution in [2.24, 2.45) is 16.5 Å². The second-order valence-corrected chi connectivity index (χ2v) is 3.47. The molecule has 6 heteroatoms. The highest BCUT2D eigenvalue weighted by atomic mass is 16.5. The number of hydrogen-bond donors (Lipinski definition) is 2. The maximum atomic E-state index is 11.0. The molecule has 4 N–H and O–H groups in total. The molecule has 6 nitrogen and oxygen atoms in total. The maximum Gasteiger partial charge on any atom is 0.354 e. The molecule has 1 aliphatic rings. The highest BCUT2D eigenvalue weighted by molar-refractivity contribution is 5.99. The SMILES string of the molecule is COC(=O)C(N)=CC(N)=NC1CCCCO1. The summed E-state index contributed by atoms with van der Waals surface area (Å²) < 4.78 is 9.79. The minimum absolute atomic E-state index is 0.0699. The zero-order valence-electron chi connectivity index (χ0n) is 9.31. The third-order valence-electron chi connectivity index (χ3n) is 2.17. The van der Waals surface area contributed by atoms with Crippen LogP contribution in [-0.2, 0) is 14.3 Å². The molecule has 1 heterocycles. The summed E-state index contributed by atoms with van der Waals surface area (Å²) in [4.78, 5) is 15.1. The molecule has 0 spiro atoms. The van der Waals surface area contributed by atoms with Crippen LogP contribution in [0.15, 0.2) is 16.8 Å². The van der Waals surface area contributed by atoms with E-state index in [0.29, 0.717) is 6.61 Å². The van der Waals surface area contributed by atoms with Crippen molar-refractivity contribution in [2.75, 3.05) is 13.7 Å². The number of carbonyl (C=O) groups excluding carboxylic acids is 1. The van der Waals surface area contributed by atoms with Crippen molar-refractivity contribution < 1.29 is 14.3 Å². The first-order chi connectivity index (χ1) is 7.63. The van der Waals surface area contributed by atoms with Crippen molar-refractivity contribution in [3.63, 3.8) is 0 Å². The lowest BCUT2D eigenvalue weighted by molar-refractivity contribution is -0.136. The average molecular weight is 227 g/mol. The third-order valence-corrected chi connectivity index (χ3v) is 2.17. The zero-order chi connectivity index (χ0) is 12.0. The molecule has 0 aromatic rings. The number of methoxy groups -OCH3 is 1. The molecule has 1 saturated heterocycles. The normalized spacial score (nSPS) is 22.9. The number of carbonyl (C=O) groups is 1. The van der Waals surface area contributed by atoms with Gasteiger partial charge in [0.2, 0.25) is 0 Å². The Hall–Kier alpha value is -1.56. The average Bonchev–Trinajstić information content (AvgIpc) is 2.29. The Morgan fingerprint density at radius 1 is 1.50 bits per heavy atom. The Kier molecular flexibility index (Phi) is 4.78. The van der Waals surface area contributed by atoms with Gasteiger partial charge < -0.3 is 20.9 Å². The van der Waals surface area contributed by atoms with Crippen LogP contribution < -0.4 is 11.5 Å². The van der Waals surface area contributed by atoms with Gasteiger partial charge in [-0.15, -0.1) is 0 Å². The molecule has 0 amide bonds. The van der Waals surface area contributed by atoms with Crippen LogP contribution in [0.25, 0.3) is 0 Å². The summed E-state index contributed by atoms with van der Waals surface area (Å²) in [6.45, 7) is 0.692. The Morgan fingerprint density at radius 3 is 2.81 bits per heavy atom. The number of esters is 1. The Labute approximate surface area is 94.3 Å². The minimum atomic E-state index is -0.622. The number of amidine groups is 1. The van der Waals surface area contributed by atoms with E-state index >= 15 is 0 Å². The molecule has 0 aromatic carbocycles. The zero-order valence-corrected chi connectivity index (χ0v) is 9.31. The monoisotopic (exact) mass is 227 g/mol. The summed E-state index contributed by atoms with van der Waals surface area (Å²) in [5.74, 6) is -0.447. The fourth-order valence-corrected chi connectivity index (χ4v) is 1.37. The lowest BCUT2D eigenvalue weighted by Crippen LogP contribution is -2.23. The Balaban J connectivity index is 2.58. The number of hydrogen-bond acceptors (Lipinski definition) is 5. The predicted molar refractivity (Wildman–Crippen MR) is 59.5 cm³/mol. The van der Waals surface area contributed by atoms with Gasteiger partial charge in [0.05, 0.1) is 7.11 Å². The van der Waals surface area contributed by atoms with Crippen molar-refractivity contribution in [3.05, 3.63) is 11.8 Å². The van der Waals surface area contributed by atoms with E-state index in [1.54, 1.807) is 0 Å². The maximum absolute atomic E-state index is 11.0. The van der Waals surface area contributed by atoms with Crippen LogP contribution in [0.2, 0.25) is 0 Å². The molecule has 0 aromatic heterocycles. The van der Waals surface area contributed by atoms with E-state index in [4.69, 9.17) is 16.2 Å². The second-order valence-electron chi connectivity index (χ2n) is 3.47. The van der Waals surface area contributed by atoms with Crippen molar-refractivity contribution in [3.8, 4) is 0 Å². The van der Waals surface area contributed by atoms with Crippen LogP contribution in [0.4, 0.5) is 0 Å². The van der Waals surface area contributed by atoms with Crippen LogP contribution in [0.1, 0.15) is 19.3 Å². The Morgan fingerprint density at radius 2 is 2.25 bits per heavy atom. The molecule has 0 saturated carbocycles. The molecular weight excluding hydrogens is 210 g/mol. The van der Waals surface area contributed by atoms with Gasteiger partial charge in [0, 0.05) is 12.7 Å². The van der Waals surface area contributed by atoms with Crippen LogP contribution in [0, 0.1) is 0 Å².